The van der Waals surface area contributed by atoms with Gasteiger partial charge in [-0.2, -0.15) is 0 Å². The molecule has 0 heterocycles. The molecule has 0 saturated heterocycles. The van der Waals surface area contributed by atoms with Crippen LogP contribution in [0.2, 0.25) is 0 Å². The lowest BCUT2D eigenvalue weighted by atomic mass is 9.72. The predicted octanol–water partition coefficient (Wildman–Crippen LogP) is 4.20. The first-order valence-corrected chi connectivity index (χ1v) is 5.60. The number of hydrogen-bond donors (Lipinski definition) is 0. The molecular formula is C12H23F. The molecule has 0 radical (unpaired) electrons. The van der Waals surface area contributed by atoms with E-state index < -0.39 is 5.67 Å². The molecule has 0 aromatic rings. The number of rotatable bonds is 2. The van der Waals surface area contributed by atoms with Gasteiger partial charge in [0.2, 0.25) is 0 Å². The molecule has 1 aliphatic carbocycles. The Kier molecular flexibility index (Phi) is 3.37. The average molecular weight is 186 g/mol. The van der Waals surface area contributed by atoms with Crippen molar-refractivity contribution in [3.8, 4) is 0 Å². The van der Waals surface area contributed by atoms with Crippen molar-refractivity contribution < 1.29 is 4.39 Å². The van der Waals surface area contributed by atoms with Crippen LogP contribution in [0.5, 0.6) is 0 Å². The van der Waals surface area contributed by atoms with Crippen LogP contribution in [0.15, 0.2) is 0 Å². The van der Waals surface area contributed by atoms with Crippen molar-refractivity contribution in [2.45, 2.75) is 59.0 Å². The molecule has 0 N–H and O–H groups in total. The van der Waals surface area contributed by atoms with E-state index in [0.29, 0.717) is 0 Å². The molecule has 0 bridgehead atoms. The zero-order valence-corrected chi connectivity index (χ0v) is 9.44. The lowest BCUT2D eigenvalue weighted by Gasteiger charge is -2.37. The van der Waals surface area contributed by atoms with E-state index in [2.05, 4.69) is 20.8 Å². The summed E-state index contributed by atoms with van der Waals surface area (Å²) in [6.45, 7) is 8.34. The van der Waals surface area contributed by atoms with Crippen LogP contribution < -0.4 is 0 Å². The quantitative estimate of drug-likeness (QED) is 0.606. The molecule has 0 spiro atoms. The second-order valence-electron chi connectivity index (χ2n) is 5.45. The summed E-state index contributed by atoms with van der Waals surface area (Å²) in [4.78, 5) is 0. The molecule has 0 aromatic heterocycles. The Morgan fingerprint density at radius 2 is 2.08 bits per heavy atom. The lowest BCUT2D eigenvalue weighted by Crippen LogP contribution is -2.34. The summed E-state index contributed by atoms with van der Waals surface area (Å²) in [5.74, 6) is 1.80. The molecule has 13 heavy (non-hydrogen) atoms. The molecule has 3 atom stereocenters. The molecule has 1 saturated carbocycles. The molecule has 0 aromatic carbocycles. The van der Waals surface area contributed by atoms with E-state index in [0.717, 1.165) is 31.1 Å². The predicted molar refractivity (Wildman–Crippen MR) is 55.5 cm³/mol. The molecule has 3 unspecified atom stereocenters. The van der Waals surface area contributed by atoms with E-state index in [9.17, 15) is 4.39 Å². The minimum atomic E-state index is -0.895. The van der Waals surface area contributed by atoms with Crippen molar-refractivity contribution in [2.24, 2.45) is 17.8 Å². The van der Waals surface area contributed by atoms with Crippen molar-refractivity contribution >= 4 is 0 Å². The fourth-order valence-electron chi connectivity index (χ4n) is 2.48. The topological polar surface area (TPSA) is 0 Å². The van der Waals surface area contributed by atoms with Gasteiger partial charge in [-0.1, -0.05) is 20.8 Å². The summed E-state index contributed by atoms with van der Waals surface area (Å²) in [5, 5.41) is 0. The van der Waals surface area contributed by atoms with E-state index in [4.69, 9.17) is 0 Å². The standard InChI is InChI=1S/C12H23F/c1-9(2)7-11-5-6-12(4,13)10(3)8-11/h9-11H,5-8H2,1-4H3. The van der Waals surface area contributed by atoms with E-state index in [1.54, 1.807) is 6.92 Å². The van der Waals surface area contributed by atoms with Crippen LogP contribution in [0.1, 0.15) is 53.4 Å². The summed E-state index contributed by atoms with van der Waals surface area (Å²) in [7, 11) is 0. The Labute approximate surface area is 81.9 Å². The molecule has 1 rings (SSSR count). The molecule has 0 nitrogen and oxygen atoms in total. The highest BCUT2D eigenvalue weighted by atomic mass is 19.1. The Morgan fingerprint density at radius 3 is 2.54 bits per heavy atom. The Bertz CT molecular complexity index is 161. The zero-order chi connectivity index (χ0) is 10.1. The van der Waals surface area contributed by atoms with E-state index >= 15 is 0 Å². The number of alkyl halides is 1. The Hall–Kier alpha value is -0.0700. The smallest absolute Gasteiger partial charge is 0.110 e. The third kappa shape index (κ3) is 2.96. The maximum atomic E-state index is 13.8. The Balaban J connectivity index is 2.42. The van der Waals surface area contributed by atoms with Gasteiger partial charge in [0.15, 0.2) is 0 Å². The second-order valence-corrected chi connectivity index (χ2v) is 5.45. The van der Waals surface area contributed by atoms with Crippen molar-refractivity contribution in [2.75, 3.05) is 0 Å². The number of hydrogen-bond acceptors (Lipinski definition) is 0. The first-order chi connectivity index (χ1) is 5.92. The molecule has 78 valence electrons. The fraction of sp³-hybridized carbons (Fsp3) is 1.00. The molecule has 0 amide bonds. The van der Waals surface area contributed by atoms with Crippen molar-refractivity contribution in [3.63, 3.8) is 0 Å². The van der Waals surface area contributed by atoms with Crippen molar-refractivity contribution in [1.29, 1.82) is 0 Å². The van der Waals surface area contributed by atoms with Crippen molar-refractivity contribution in [3.05, 3.63) is 0 Å². The first-order valence-electron chi connectivity index (χ1n) is 5.60. The van der Waals surface area contributed by atoms with Crippen LogP contribution in [0.4, 0.5) is 4.39 Å². The van der Waals surface area contributed by atoms with Gasteiger partial charge in [-0.25, -0.2) is 4.39 Å². The normalized spacial score (nSPS) is 41.1. The van der Waals surface area contributed by atoms with E-state index in [1.807, 2.05) is 0 Å². The molecular weight excluding hydrogens is 163 g/mol. The summed E-state index contributed by atoms with van der Waals surface area (Å²) in [5.41, 5.74) is -0.895. The van der Waals surface area contributed by atoms with Crippen LogP contribution >= 0.6 is 0 Å². The largest absolute Gasteiger partial charge is 0.244 e. The van der Waals surface area contributed by atoms with Gasteiger partial charge in [0.1, 0.15) is 5.67 Å². The van der Waals surface area contributed by atoms with Crippen LogP contribution in [0.25, 0.3) is 0 Å². The molecule has 1 heteroatoms. The zero-order valence-electron chi connectivity index (χ0n) is 9.44. The van der Waals surface area contributed by atoms with E-state index in [1.165, 1.54) is 6.42 Å². The molecule has 0 aliphatic heterocycles. The van der Waals surface area contributed by atoms with Gasteiger partial charge in [-0.3, -0.25) is 0 Å². The maximum absolute atomic E-state index is 13.8. The summed E-state index contributed by atoms with van der Waals surface area (Å²) in [6, 6.07) is 0. The Morgan fingerprint density at radius 1 is 1.46 bits per heavy atom. The van der Waals surface area contributed by atoms with Crippen molar-refractivity contribution in [1.82, 2.24) is 0 Å². The van der Waals surface area contributed by atoms with Crippen LogP contribution in [-0.2, 0) is 0 Å². The van der Waals surface area contributed by atoms with Gasteiger partial charge in [0.25, 0.3) is 0 Å². The van der Waals surface area contributed by atoms with Crippen LogP contribution in [0, 0.1) is 17.8 Å². The van der Waals surface area contributed by atoms with Gasteiger partial charge >= 0.3 is 0 Å². The monoisotopic (exact) mass is 186 g/mol. The average Bonchev–Trinajstić information content (AvgIpc) is 1.97. The highest BCUT2D eigenvalue weighted by Crippen LogP contribution is 2.41. The van der Waals surface area contributed by atoms with Gasteiger partial charge in [0, 0.05) is 0 Å². The highest BCUT2D eigenvalue weighted by molar-refractivity contribution is 4.87. The van der Waals surface area contributed by atoms with Gasteiger partial charge in [-0.15, -0.1) is 0 Å². The maximum Gasteiger partial charge on any atom is 0.110 e. The van der Waals surface area contributed by atoms with Crippen LogP contribution in [-0.4, -0.2) is 5.67 Å². The summed E-state index contributed by atoms with van der Waals surface area (Å²) < 4.78 is 13.8. The number of halogens is 1. The third-order valence-corrected chi connectivity index (χ3v) is 3.56. The minimum absolute atomic E-state index is 0.255. The van der Waals surface area contributed by atoms with Gasteiger partial charge in [-0.05, 0) is 50.4 Å². The fourth-order valence-corrected chi connectivity index (χ4v) is 2.48. The van der Waals surface area contributed by atoms with Crippen LogP contribution in [0.3, 0.4) is 0 Å². The van der Waals surface area contributed by atoms with Gasteiger partial charge < -0.3 is 0 Å². The van der Waals surface area contributed by atoms with Gasteiger partial charge in [0.05, 0.1) is 0 Å². The second kappa shape index (κ2) is 3.98. The van der Waals surface area contributed by atoms with E-state index in [-0.39, 0.29) is 5.92 Å². The SMILES string of the molecule is CC(C)CC1CCC(C)(F)C(C)C1. The lowest BCUT2D eigenvalue weighted by molar-refractivity contribution is 0.0381. The summed E-state index contributed by atoms with van der Waals surface area (Å²) >= 11 is 0. The molecule has 1 fully saturated rings. The minimum Gasteiger partial charge on any atom is -0.244 e. The first kappa shape index (κ1) is 11.0. The summed E-state index contributed by atoms with van der Waals surface area (Å²) in [6.07, 6.45) is 4.23. The highest BCUT2D eigenvalue weighted by Gasteiger charge is 2.37. The third-order valence-electron chi connectivity index (χ3n) is 3.56. The molecule has 1 aliphatic rings.